The van der Waals surface area contributed by atoms with Gasteiger partial charge in [-0.05, 0) is 34.9 Å². The summed E-state index contributed by atoms with van der Waals surface area (Å²) in [5.74, 6) is -1.94. The lowest BCUT2D eigenvalue weighted by Gasteiger charge is -2.15. The fraction of sp³-hybridized carbons (Fsp3) is 0.133. The normalized spacial score (nSPS) is 11.4. The SMILES string of the molecule is O=C(O)Cc1cc(F)ccc1-c1ccccc1C(F)(F)F. The van der Waals surface area contributed by atoms with Gasteiger partial charge in [-0.1, -0.05) is 24.3 Å². The highest BCUT2D eigenvalue weighted by Gasteiger charge is 2.33. The molecule has 1 N–H and O–H groups in total. The summed E-state index contributed by atoms with van der Waals surface area (Å²) >= 11 is 0. The van der Waals surface area contributed by atoms with Crippen LogP contribution >= 0.6 is 0 Å². The highest BCUT2D eigenvalue weighted by Crippen LogP contribution is 2.38. The average Bonchev–Trinajstić information content (AvgIpc) is 2.37. The third kappa shape index (κ3) is 3.39. The Bertz CT molecular complexity index is 678. The second-order valence-electron chi connectivity index (χ2n) is 4.42. The number of alkyl halides is 3. The zero-order valence-corrected chi connectivity index (χ0v) is 10.6. The van der Waals surface area contributed by atoms with Gasteiger partial charge in [0.15, 0.2) is 0 Å². The van der Waals surface area contributed by atoms with E-state index in [1.54, 1.807) is 0 Å². The molecule has 0 aromatic heterocycles. The quantitative estimate of drug-likeness (QED) is 0.865. The third-order valence-electron chi connectivity index (χ3n) is 2.93. The molecule has 0 radical (unpaired) electrons. The summed E-state index contributed by atoms with van der Waals surface area (Å²) in [4.78, 5) is 10.8. The van der Waals surface area contributed by atoms with Crippen LogP contribution < -0.4 is 0 Å². The fourth-order valence-electron chi connectivity index (χ4n) is 2.10. The van der Waals surface area contributed by atoms with Crippen LogP contribution in [0.25, 0.3) is 11.1 Å². The number of carboxylic acids is 1. The molecule has 0 aliphatic heterocycles. The zero-order chi connectivity index (χ0) is 15.6. The third-order valence-corrected chi connectivity index (χ3v) is 2.93. The number of benzene rings is 2. The molecular formula is C15H10F4O2. The Morgan fingerprint density at radius 3 is 2.33 bits per heavy atom. The molecule has 2 nitrogen and oxygen atoms in total. The predicted octanol–water partition coefficient (Wildman–Crippen LogP) is 4.14. The molecule has 2 aromatic rings. The lowest BCUT2D eigenvalue weighted by atomic mass is 9.93. The molecule has 2 rings (SSSR count). The van der Waals surface area contributed by atoms with Gasteiger partial charge in [0.25, 0.3) is 0 Å². The molecule has 0 heterocycles. The van der Waals surface area contributed by atoms with Crippen molar-refractivity contribution in [1.29, 1.82) is 0 Å². The molecule has 0 fully saturated rings. The summed E-state index contributed by atoms with van der Waals surface area (Å²) in [5.41, 5.74) is -0.990. The molecule has 0 unspecified atom stereocenters. The van der Waals surface area contributed by atoms with E-state index in [-0.39, 0.29) is 16.7 Å². The smallest absolute Gasteiger partial charge is 0.417 e. The first-order chi connectivity index (χ1) is 9.79. The number of carbonyl (C=O) groups is 1. The number of hydrogen-bond acceptors (Lipinski definition) is 1. The van der Waals surface area contributed by atoms with Gasteiger partial charge >= 0.3 is 12.1 Å². The molecule has 6 heteroatoms. The van der Waals surface area contributed by atoms with Gasteiger partial charge in [0.1, 0.15) is 5.82 Å². The van der Waals surface area contributed by atoms with Crippen LogP contribution in [0.5, 0.6) is 0 Å². The van der Waals surface area contributed by atoms with Crippen LogP contribution in [0.2, 0.25) is 0 Å². The maximum absolute atomic E-state index is 13.2. The lowest BCUT2D eigenvalue weighted by Crippen LogP contribution is -2.09. The van der Waals surface area contributed by atoms with E-state index in [1.165, 1.54) is 18.2 Å². The van der Waals surface area contributed by atoms with Crippen molar-refractivity contribution in [2.45, 2.75) is 12.6 Å². The molecule has 0 atom stereocenters. The van der Waals surface area contributed by atoms with Crippen molar-refractivity contribution in [3.63, 3.8) is 0 Å². The van der Waals surface area contributed by atoms with Crippen LogP contribution in [0.4, 0.5) is 17.6 Å². The number of hydrogen-bond donors (Lipinski definition) is 1. The van der Waals surface area contributed by atoms with Gasteiger partial charge in [0.05, 0.1) is 12.0 Å². The Kier molecular flexibility index (Phi) is 3.97. The molecule has 0 aliphatic carbocycles. The number of halogens is 4. The Morgan fingerprint density at radius 2 is 1.71 bits per heavy atom. The van der Waals surface area contributed by atoms with Gasteiger partial charge in [-0.15, -0.1) is 0 Å². The molecule has 0 aliphatic rings. The first-order valence-corrected chi connectivity index (χ1v) is 5.96. The Balaban J connectivity index is 2.65. The van der Waals surface area contributed by atoms with E-state index in [0.29, 0.717) is 0 Å². The van der Waals surface area contributed by atoms with Crippen molar-refractivity contribution in [3.8, 4) is 11.1 Å². The minimum absolute atomic E-state index is 0.000741. The minimum Gasteiger partial charge on any atom is -0.481 e. The van der Waals surface area contributed by atoms with Gasteiger partial charge in [-0.3, -0.25) is 4.79 Å². The van der Waals surface area contributed by atoms with Gasteiger partial charge in [0, 0.05) is 0 Å². The van der Waals surface area contributed by atoms with E-state index in [9.17, 15) is 22.4 Å². The van der Waals surface area contributed by atoms with Crippen LogP contribution in [-0.2, 0) is 17.4 Å². The molecule has 0 saturated heterocycles. The second kappa shape index (κ2) is 5.55. The largest absolute Gasteiger partial charge is 0.481 e. The van der Waals surface area contributed by atoms with E-state index in [0.717, 1.165) is 24.3 Å². The highest BCUT2D eigenvalue weighted by molar-refractivity contribution is 5.78. The van der Waals surface area contributed by atoms with Gasteiger partial charge in [0.2, 0.25) is 0 Å². The molecule has 21 heavy (non-hydrogen) atoms. The van der Waals surface area contributed by atoms with Gasteiger partial charge in [-0.25, -0.2) is 4.39 Å². The molecular weight excluding hydrogens is 288 g/mol. The lowest BCUT2D eigenvalue weighted by molar-refractivity contribution is -0.137. The predicted molar refractivity (Wildman–Crippen MR) is 68.2 cm³/mol. The summed E-state index contributed by atoms with van der Waals surface area (Å²) in [6.45, 7) is 0. The van der Waals surface area contributed by atoms with Crippen LogP contribution in [0, 0.1) is 5.82 Å². The van der Waals surface area contributed by atoms with Crippen molar-refractivity contribution >= 4 is 5.97 Å². The summed E-state index contributed by atoms with van der Waals surface area (Å²) in [5, 5.41) is 8.81. The monoisotopic (exact) mass is 298 g/mol. The Labute approximate surface area is 117 Å². The van der Waals surface area contributed by atoms with E-state index in [4.69, 9.17) is 5.11 Å². The second-order valence-corrected chi connectivity index (χ2v) is 4.42. The number of aliphatic carboxylic acids is 1. The van der Waals surface area contributed by atoms with Crippen LogP contribution in [0.15, 0.2) is 42.5 Å². The van der Waals surface area contributed by atoms with Gasteiger partial charge in [-0.2, -0.15) is 13.2 Å². The molecule has 0 spiro atoms. The molecule has 2 aromatic carbocycles. The summed E-state index contributed by atoms with van der Waals surface area (Å²) in [7, 11) is 0. The first kappa shape index (κ1) is 15.0. The molecule has 0 saturated carbocycles. The van der Waals surface area contributed by atoms with Gasteiger partial charge < -0.3 is 5.11 Å². The van der Waals surface area contributed by atoms with E-state index in [1.807, 2.05) is 0 Å². The average molecular weight is 298 g/mol. The number of rotatable bonds is 3. The van der Waals surface area contributed by atoms with Crippen molar-refractivity contribution in [2.75, 3.05) is 0 Å². The summed E-state index contributed by atoms with van der Waals surface area (Å²) in [6, 6.07) is 7.92. The molecule has 110 valence electrons. The van der Waals surface area contributed by atoms with Crippen molar-refractivity contribution < 1.29 is 27.5 Å². The van der Waals surface area contributed by atoms with Crippen molar-refractivity contribution in [3.05, 3.63) is 59.4 Å². The fourth-order valence-corrected chi connectivity index (χ4v) is 2.10. The van der Waals surface area contributed by atoms with E-state index < -0.39 is 29.9 Å². The standard InChI is InChI=1S/C15H10F4O2/c16-10-5-6-11(9(7-10)8-14(20)21)12-3-1-2-4-13(12)15(17,18)19/h1-7H,8H2,(H,20,21). The summed E-state index contributed by atoms with van der Waals surface area (Å²) in [6.07, 6.45) is -5.13. The first-order valence-electron chi connectivity index (χ1n) is 5.96. The summed E-state index contributed by atoms with van der Waals surface area (Å²) < 4.78 is 52.3. The Morgan fingerprint density at radius 1 is 1.05 bits per heavy atom. The van der Waals surface area contributed by atoms with Crippen LogP contribution in [0.1, 0.15) is 11.1 Å². The van der Waals surface area contributed by atoms with E-state index in [2.05, 4.69) is 0 Å². The molecule has 0 bridgehead atoms. The van der Waals surface area contributed by atoms with Crippen molar-refractivity contribution in [2.24, 2.45) is 0 Å². The van der Waals surface area contributed by atoms with Crippen LogP contribution in [-0.4, -0.2) is 11.1 Å². The number of carboxylic acid groups (broad SMARTS) is 1. The minimum atomic E-state index is -4.58. The highest BCUT2D eigenvalue weighted by atomic mass is 19.4. The maximum atomic E-state index is 13.2. The zero-order valence-electron chi connectivity index (χ0n) is 10.6. The molecule has 0 amide bonds. The van der Waals surface area contributed by atoms with Crippen LogP contribution in [0.3, 0.4) is 0 Å². The maximum Gasteiger partial charge on any atom is 0.417 e. The van der Waals surface area contributed by atoms with E-state index >= 15 is 0 Å². The topological polar surface area (TPSA) is 37.3 Å². The Hall–Kier alpha value is -2.37. The van der Waals surface area contributed by atoms with Crippen molar-refractivity contribution in [1.82, 2.24) is 0 Å².